The molecule has 3 aromatic rings. The molecule has 0 atom stereocenters. The van der Waals surface area contributed by atoms with Crippen molar-refractivity contribution in [1.29, 1.82) is 0 Å². The van der Waals surface area contributed by atoms with Crippen molar-refractivity contribution < 1.29 is 4.74 Å². The minimum atomic E-state index is -0.202. The molecular weight excluding hydrogens is 252 g/mol. The molecule has 3 rings (SSSR count). The van der Waals surface area contributed by atoms with Crippen LogP contribution in [0, 0.1) is 0 Å². The van der Waals surface area contributed by atoms with Gasteiger partial charge in [0.2, 0.25) is 5.88 Å². The molecule has 0 saturated heterocycles. The SMILES string of the molecule is CCc1nc(Oc2cccc3ccccc23)cc(=O)[nH]1. The lowest BCUT2D eigenvalue weighted by atomic mass is 10.1. The van der Waals surface area contributed by atoms with E-state index in [0.717, 1.165) is 10.8 Å². The van der Waals surface area contributed by atoms with Gasteiger partial charge in [-0.3, -0.25) is 4.79 Å². The summed E-state index contributed by atoms with van der Waals surface area (Å²) in [6.45, 7) is 1.93. The van der Waals surface area contributed by atoms with E-state index >= 15 is 0 Å². The lowest BCUT2D eigenvalue weighted by molar-refractivity contribution is 0.463. The average Bonchev–Trinajstić information content (AvgIpc) is 2.47. The Bertz CT molecular complexity index is 803. The zero-order valence-corrected chi connectivity index (χ0v) is 11.1. The molecule has 2 aromatic carbocycles. The average molecular weight is 266 g/mol. The standard InChI is InChI=1S/C16H14N2O2/c1-2-14-17-15(19)10-16(18-14)20-13-9-5-7-11-6-3-4-8-12(11)13/h3-10H,2H2,1H3,(H,17,18,19). The molecule has 20 heavy (non-hydrogen) atoms. The van der Waals surface area contributed by atoms with E-state index in [1.54, 1.807) is 0 Å². The van der Waals surface area contributed by atoms with Gasteiger partial charge in [0.05, 0.1) is 6.07 Å². The van der Waals surface area contributed by atoms with Gasteiger partial charge in [-0.15, -0.1) is 0 Å². The van der Waals surface area contributed by atoms with E-state index in [4.69, 9.17) is 4.74 Å². The fraction of sp³-hybridized carbons (Fsp3) is 0.125. The first-order chi connectivity index (χ1) is 9.76. The number of aryl methyl sites for hydroxylation is 1. The Balaban J connectivity index is 2.05. The summed E-state index contributed by atoms with van der Waals surface area (Å²) < 4.78 is 5.78. The highest BCUT2D eigenvalue weighted by Crippen LogP contribution is 2.28. The van der Waals surface area contributed by atoms with Crippen LogP contribution in [0.1, 0.15) is 12.7 Å². The molecule has 1 heterocycles. The van der Waals surface area contributed by atoms with Crippen molar-refractivity contribution in [3.8, 4) is 11.6 Å². The number of rotatable bonds is 3. The van der Waals surface area contributed by atoms with Gasteiger partial charge < -0.3 is 9.72 Å². The zero-order valence-electron chi connectivity index (χ0n) is 11.1. The van der Waals surface area contributed by atoms with E-state index < -0.39 is 0 Å². The number of fused-ring (bicyclic) bond motifs is 1. The molecule has 1 aromatic heterocycles. The van der Waals surface area contributed by atoms with Crippen LogP contribution in [0.2, 0.25) is 0 Å². The minimum Gasteiger partial charge on any atom is -0.438 e. The van der Waals surface area contributed by atoms with Crippen LogP contribution in [0.15, 0.2) is 53.3 Å². The number of hydrogen-bond donors (Lipinski definition) is 1. The van der Waals surface area contributed by atoms with Crippen molar-refractivity contribution in [2.45, 2.75) is 13.3 Å². The molecule has 4 heteroatoms. The van der Waals surface area contributed by atoms with Crippen LogP contribution in [0.3, 0.4) is 0 Å². The highest BCUT2D eigenvalue weighted by molar-refractivity contribution is 5.88. The van der Waals surface area contributed by atoms with Crippen molar-refractivity contribution in [1.82, 2.24) is 9.97 Å². The molecular formula is C16H14N2O2. The Morgan fingerprint density at radius 1 is 1.15 bits per heavy atom. The quantitative estimate of drug-likeness (QED) is 0.791. The third-order valence-corrected chi connectivity index (χ3v) is 3.07. The van der Waals surface area contributed by atoms with Crippen molar-refractivity contribution in [3.05, 3.63) is 64.7 Å². The van der Waals surface area contributed by atoms with Crippen LogP contribution in [-0.2, 0) is 6.42 Å². The van der Waals surface area contributed by atoms with E-state index in [1.807, 2.05) is 49.4 Å². The fourth-order valence-electron chi connectivity index (χ4n) is 2.10. The third-order valence-electron chi connectivity index (χ3n) is 3.07. The fourth-order valence-corrected chi connectivity index (χ4v) is 2.10. The van der Waals surface area contributed by atoms with Crippen LogP contribution in [-0.4, -0.2) is 9.97 Å². The molecule has 0 aliphatic carbocycles. The van der Waals surface area contributed by atoms with Crippen molar-refractivity contribution in [2.75, 3.05) is 0 Å². The molecule has 0 amide bonds. The Morgan fingerprint density at radius 3 is 2.80 bits per heavy atom. The Kier molecular flexibility index (Phi) is 3.21. The number of benzene rings is 2. The second-order valence-electron chi connectivity index (χ2n) is 4.46. The Hall–Kier alpha value is -2.62. The first-order valence-corrected chi connectivity index (χ1v) is 6.52. The van der Waals surface area contributed by atoms with E-state index in [1.165, 1.54) is 6.07 Å². The van der Waals surface area contributed by atoms with Crippen LogP contribution < -0.4 is 10.3 Å². The Morgan fingerprint density at radius 2 is 1.95 bits per heavy atom. The predicted octanol–water partition coefficient (Wildman–Crippen LogP) is 3.28. The lowest BCUT2D eigenvalue weighted by Crippen LogP contribution is -2.10. The number of nitrogens with one attached hydrogen (secondary N) is 1. The summed E-state index contributed by atoms with van der Waals surface area (Å²) in [6, 6.07) is 15.1. The molecule has 0 fully saturated rings. The number of ether oxygens (including phenoxy) is 1. The maximum atomic E-state index is 11.5. The molecule has 4 nitrogen and oxygen atoms in total. The number of H-pyrrole nitrogens is 1. The minimum absolute atomic E-state index is 0.202. The van der Waals surface area contributed by atoms with Crippen molar-refractivity contribution in [3.63, 3.8) is 0 Å². The molecule has 0 bridgehead atoms. The van der Waals surface area contributed by atoms with Gasteiger partial charge in [-0.25, -0.2) is 0 Å². The largest absolute Gasteiger partial charge is 0.438 e. The summed E-state index contributed by atoms with van der Waals surface area (Å²) >= 11 is 0. The van der Waals surface area contributed by atoms with Gasteiger partial charge in [-0.1, -0.05) is 43.3 Å². The van der Waals surface area contributed by atoms with Crippen LogP contribution in [0.25, 0.3) is 10.8 Å². The third kappa shape index (κ3) is 2.40. The number of nitrogens with zero attached hydrogens (tertiary/aromatic N) is 1. The summed E-state index contributed by atoms with van der Waals surface area (Å²) in [4.78, 5) is 18.5. The topological polar surface area (TPSA) is 55.0 Å². The molecule has 0 radical (unpaired) electrons. The van der Waals surface area contributed by atoms with E-state index in [9.17, 15) is 4.79 Å². The van der Waals surface area contributed by atoms with Gasteiger partial charge in [0.15, 0.2) is 0 Å². The highest BCUT2D eigenvalue weighted by atomic mass is 16.5. The van der Waals surface area contributed by atoms with Gasteiger partial charge in [0.1, 0.15) is 11.6 Å². The van der Waals surface area contributed by atoms with E-state index in [0.29, 0.717) is 23.9 Å². The normalized spacial score (nSPS) is 10.7. The predicted molar refractivity (Wildman–Crippen MR) is 78.3 cm³/mol. The van der Waals surface area contributed by atoms with Crippen LogP contribution in [0.5, 0.6) is 11.6 Å². The first kappa shape index (κ1) is 12.4. The summed E-state index contributed by atoms with van der Waals surface area (Å²) in [5, 5.41) is 2.08. The molecule has 0 spiro atoms. The van der Waals surface area contributed by atoms with Gasteiger partial charge in [-0.2, -0.15) is 4.98 Å². The number of aromatic amines is 1. The summed E-state index contributed by atoms with van der Waals surface area (Å²) in [5.41, 5.74) is -0.202. The molecule has 0 aliphatic heterocycles. The van der Waals surface area contributed by atoms with Crippen molar-refractivity contribution in [2.24, 2.45) is 0 Å². The van der Waals surface area contributed by atoms with Crippen LogP contribution >= 0.6 is 0 Å². The van der Waals surface area contributed by atoms with Gasteiger partial charge in [-0.05, 0) is 11.5 Å². The van der Waals surface area contributed by atoms with Crippen LogP contribution in [0.4, 0.5) is 0 Å². The number of aromatic nitrogens is 2. The first-order valence-electron chi connectivity index (χ1n) is 6.52. The molecule has 0 aliphatic rings. The molecule has 100 valence electrons. The van der Waals surface area contributed by atoms with Gasteiger partial charge in [0, 0.05) is 11.8 Å². The maximum absolute atomic E-state index is 11.5. The van der Waals surface area contributed by atoms with Crippen molar-refractivity contribution >= 4 is 10.8 Å². The smallest absolute Gasteiger partial charge is 0.254 e. The monoisotopic (exact) mass is 266 g/mol. The summed E-state index contributed by atoms with van der Waals surface area (Å²) in [5.74, 6) is 1.64. The molecule has 0 saturated carbocycles. The van der Waals surface area contributed by atoms with Gasteiger partial charge in [0.25, 0.3) is 5.56 Å². The van der Waals surface area contributed by atoms with Gasteiger partial charge >= 0.3 is 0 Å². The number of hydrogen-bond acceptors (Lipinski definition) is 3. The molecule has 0 unspecified atom stereocenters. The summed E-state index contributed by atoms with van der Waals surface area (Å²) in [6.07, 6.45) is 0.655. The second kappa shape index (κ2) is 5.17. The molecule has 1 N–H and O–H groups in total. The Labute approximate surface area is 116 Å². The maximum Gasteiger partial charge on any atom is 0.254 e. The zero-order chi connectivity index (χ0) is 13.9. The summed E-state index contributed by atoms with van der Waals surface area (Å²) in [7, 11) is 0. The lowest BCUT2D eigenvalue weighted by Gasteiger charge is -2.08. The highest BCUT2D eigenvalue weighted by Gasteiger charge is 2.05. The second-order valence-corrected chi connectivity index (χ2v) is 4.46. The van der Waals surface area contributed by atoms with E-state index in [2.05, 4.69) is 9.97 Å². The van der Waals surface area contributed by atoms with E-state index in [-0.39, 0.29) is 5.56 Å².